The Labute approximate surface area is 208 Å². The van der Waals surface area contributed by atoms with Gasteiger partial charge in [-0.2, -0.15) is 4.98 Å². The number of nitrogens with zero attached hydrogens (tertiary/aromatic N) is 3. The van der Waals surface area contributed by atoms with Crippen molar-refractivity contribution < 1.29 is 9.53 Å². The molecule has 0 spiro atoms. The van der Waals surface area contributed by atoms with Crippen LogP contribution in [0.25, 0.3) is 11.7 Å². The van der Waals surface area contributed by atoms with Crippen LogP contribution < -0.4 is 10.3 Å². The fourth-order valence-electron chi connectivity index (χ4n) is 3.79. The van der Waals surface area contributed by atoms with E-state index in [0.29, 0.717) is 27.2 Å². The van der Waals surface area contributed by atoms with Crippen molar-refractivity contribution in [3.63, 3.8) is 0 Å². The third-order valence-electron chi connectivity index (χ3n) is 5.73. The molecule has 34 heavy (non-hydrogen) atoms. The normalized spacial score (nSPS) is 15.0. The number of ether oxygens (including phenoxy) is 1. The van der Waals surface area contributed by atoms with Crippen molar-refractivity contribution in [1.82, 2.24) is 14.3 Å². The lowest BCUT2D eigenvalue weighted by Gasteiger charge is -2.14. The molecule has 0 bridgehead atoms. The number of amides is 1. The number of pyridine rings is 1. The Morgan fingerprint density at radius 3 is 2.59 bits per heavy atom. The van der Waals surface area contributed by atoms with Crippen molar-refractivity contribution in [2.75, 3.05) is 6.54 Å². The monoisotopic (exact) mass is 493 g/mol. The Morgan fingerprint density at radius 1 is 1.06 bits per heavy atom. The van der Waals surface area contributed by atoms with Gasteiger partial charge in [0, 0.05) is 12.7 Å². The lowest BCUT2D eigenvalue weighted by Crippen LogP contribution is -2.29. The first-order chi connectivity index (χ1) is 16.4. The summed E-state index contributed by atoms with van der Waals surface area (Å²) in [6.07, 6.45) is 7.45. The van der Waals surface area contributed by atoms with Crippen LogP contribution in [-0.2, 0) is 4.79 Å². The van der Waals surface area contributed by atoms with Crippen LogP contribution >= 0.6 is 24.0 Å². The van der Waals surface area contributed by atoms with Crippen LogP contribution in [0.2, 0.25) is 0 Å². The Hall–Kier alpha value is -2.97. The summed E-state index contributed by atoms with van der Waals surface area (Å²) in [5.74, 6) is 0.592. The molecule has 0 unspecified atom stereocenters. The number of thioether (sulfide) groups is 1. The zero-order valence-electron chi connectivity index (χ0n) is 19.5. The minimum Gasteiger partial charge on any atom is -0.438 e. The molecule has 0 saturated carbocycles. The van der Waals surface area contributed by atoms with E-state index in [1.165, 1.54) is 16.2 Å². The van der Waals surface area contributed by atoms with E-state index in [2.05, 4.69) is 11.9 Å². The van der Waals surface area contributed by atoms with E-state index in [-0.39, 0.29) is 22.9 Å². The lowest BCUT2D eigenvalue weighted by molar-refractivity contribution is -0.122. The van der Waals surface area contributed by atoms with E-state index in [1.807, 2.05) is 44.2 Å². The maximum atomic E-state index is 13.5. The Bertz CT molecular complexity index is 1350. The standard InChI is InChI=1S/C26H27N3O3S2/c1-4-5-6-9-14-29-25(31)21(34-26(29)33)16-19-23(32-20-13-8-7-11-17(20)2)27-22-18(3)12-10-15-28(22)24(19)30/h7-8,10-13,15-16H,4-6,9,14H2,1-3H3/b21-16+. The summed E-state index contributed by atoms with van der Waals surface area (Å²) in [7, 11) is 0. The van der Waals surface area contributed by atoms with Gasteiger partial charge in [-0.05, 0) is 49.6 Å². The average Bonchev–Trinajstić information content (AvgIpc) is 3.08. The van der Waals surface area contributed by atoms with E-state index >= 15 is 0 Å². The molecule has 0 aliphatic carbocycles. The van der Waals surface area contributed by atoms with Crippen LogP contribution in [0.15, 0.2) is 52.3 Å². The maximum absolute atomic E-state index is 13.5. The molecule has 6 nitrogen and oxygen atoms in total. The molecule has 1 aliphatic rings. The number of thiocarbonyl (C=S) groups is 1. The Morgan fingerprint density at radius 2 is 1.82 bits per heavy atom. The lowest BCUT2D eigenvalue weighted by atomic mass is 10.2. The maximum Gasteiger partial charge on any atom is 0.269 e. The largest absolute Gasteiger partial charge is 0.438 e. The summed E-state index contributed by atoms with van der Waals surface area (Å²) < 4.78 is 8.14. The highest BCUT2D eigenvalue weighted by molar-refractivity contribution is 8.26. The number of hydrogen-bond donors (Lipinski definition) is 0. The van der Waals surface area contributed by atoms with Gasteiger partial charge in [0.1, 0.15) is 21.3 Å². The van der Waals surface area contributed by atoms with Crippen molar-refractivity contribution >= 4 is 45.9 Å². The van der Waals surface area contributed by atoms with Crippen LogP contribution in [0.4, 0.5) is 0 Å². The first-order valence-corrected chi connectivity index (χ1v) is 12.6. The SMILES string of the molecule is CCCCCCN1C(=O)/C(=C\c2c(Oc3ccccc3C)nc3c(C)cccn3c2=O)SC1=S. The highest BCUT2D eigenvalue weighted by atomic mass is 32.2. The summed E-state index contributed by atoms with van der Waals surface area (Å²) in [5, 5.41) is 0. The number of aryl methyl sites for hydroxylation is 2. The number of para-hydroxylation sites is 1. The zero-order valence-corrected chi connectivity index (χ0v) is 21.2. The summed E-state index contributed by atoms with van der Waals surface area (Å²) in [6.45, 7) is 6.56. The number of carbonyl (C=O) groups is 1. The van der Waals surface area contributed by atoms with Gasteiger partial charge in [0.2, 0.25) is 5.88 Å². The second-order valence-corrected chi connectivity index (χ2v) is 9.96. The molecule has 1 amide bonds. The van der Waals surface area contributed by atoms with Gasteiger partial charge < -0.3 is 4.74 Å². The number of aromatic nitrogens is 2. The van der Waals surface area contributed by atoms with Gasteiger partial charge in [-0.25, -0.2) is 0 Å². The number of unbranched alkanes of at least 4 members (excludes halogenated alkanes) is 3. The molecule has 1 saturated heterocycles. The summed E-state index contributed by atoms with van der Waals surface area (Å²) in [4.78, 5) is 33.3. The predicted molar refractivity (Wildman–Crippen MR) is 141 cm³/mol. The highest BCUT2D eigenvalue weighted by Crippen LogP contribution is 2.34. The molecule has 1 aromatic carbocycles. The number of benzene rings is 1. The van der Waals surface area contributed by atoms with Crippen LogP contribution in [0.1, 0.15) is 49.3 Å². The van der Waals surface area contributed by atoms with Crippen LogP contribution in [0.3, 0.4) is 0 Å². The number of rotatable bonds is 8. The van der Waals surface area contributed by atoms with E-state index < -0.39 is 0 Å². The second kappa shape index (κ2) is 10.5. The molecule has 0 N–H and O–H groups in total. The second-order valence-electron chi connectivity index (χ2n) is 8.28. The highest BCUT2D eigenvalue weighted by Gasteiger charge is 2.32. The quantitative estimate of drug-likeness (QED) is 0.222. The molecule has 0 radical (unpaired) electrons. The molecule has 8 heteroatoms. The summed E-state index contributed by atoms with van der Waals surface area (Å²) >= 11 is 6.68. The molecular weight excluding hydrogens is 466 g/mol. The van der Waals surface area contributed by atoms with Crippen molar-refractivity contribution in [1.29, 1.82) is 0 Å². The van der Waals surface area contributed by atoms with E-state index in [4.69, 9.17) is 17.0 Å². The Kier molecular flexibility index (Phi) is 7.48. The van der Waals surface area contributed by atoms with E-state index in [1.54, 1.807) is 23.2 Å². The fourth-order valence-corrected chi connectivity index (χ4v) is 5.08. The molecule has 1 aliphatic heterocycles. The van der Waals surface area contributed by atoms with Gasteiger partial charge in [-0.1, -0.05) is 74.4 Å². The summed E-state index contributed by atoms with van der Waals surface area (Å²) in [5.41, 5.74) is 2.19. The summed E-state index contributed by atoms with van der Waals surface area (Å²) in [6, 6.07) is 11.2. The van der Waals surface area contributed by atoms with Crippen LogP contribution in [0.5, 0.6) is 11.6 Å². The van der Waals surface area contributed by atoms with Crippen molar-refractivity contribution in [3.8, 4) is 11.6 Å². The molecule has 1 fully saturated rings. The topological polar surface area (TPSA) is 63.9 Å². The van der Waals surface area contributed by atoms with E-state index in [0.717, 1.165) is 36.8 Å². The van der Waals surface area contributed by atoms with Gasteiger partial charge in [0.05, 0.1) is 4.91 Å². The van der Waals surface area contributed by atoms with Gasteiger partial charge in [0.15, 0.2) is 0 Å². The zero-order chi connectivity index (χ0) is 24.2. The number of hydrogen-bond acceptors (Lipinski definition) is 6. The minimum atomic E-state index is -0.300. The van der Waals surface area contributed by atoms with Gasteiger partial charge in [-0.3, -0.25) is 18.9 Å². The first kappa shape index (κ1) is 24.2. The molecule has 176 valence electrons. The number of fused-ring (bicyclic) bond motifs is 1. The molecule has 3 aromatic rings. The fraction of sp³-hybridized carbons (Fsp3) is 0.308. The molecule has 4 rings (SSSR count). The van der Waals surface area contributed by atoms with E-state index in [9.17, 15) is 9.59 Å². The molecular formula is C26H27N3O3S2. The van der Waals surface area contributed by atoms with Crippen molar-refractivity contribution in [2.24, 2.45) is 0 Å². The van der Waals surface area contributed by atoms with Crippen molar-refractivity contribution in [3.05, 3.63) is 74.5 Å². The van der Waals surface area contributed by atoms with Crippen LogP contribution in [0, 0.1) is 13.8 Å². The van der Waals surface area contributed by atoms with Gasteiger partial charge >= 0.3 is 0 Å². The Balaban J connectivity index is 1.77. The third kappa shape index (κ3) is 4.93. The van der Waals surface area contributed by atoms with Crippen LogP contribution in [-0.4, -0.2) is 31.1 Å². The smallest absolute Gasteiger partial charge is 0.269 e. The first-order valence-electron chi connectivity index (χ1n) is 11.4. The average molecular weight is 494 g/mol. The van der Waals surface area contributed by atoms with Crippen molar-refractivity contribution in [2.45, 2.75) is 46.5 Å². The number of carbonyl (C=O) groups excluding carboxylic acids is 1. The predicted octanol–water partition coefficient (Wildman–Crippen LogP) is 5.89. The van der Waals surface area contributed by atoms with Gasteiger partial charge in [-0.15, -0.1) is 0 Å². The molecule has 3 heterocycles. The minimum absolute atomic E-state index is 0.168. The van der Waals surface area contributed by atoms with Gasteiger partial charge in [0.25, 0.3) is 11.5 Å². The molecule has 2 aromatic heterocycles. The molecule has 0 atom stereocenters. The third-order valence-corrected chi connectivity index (χ3v) is 7.11.